The second-order valence-electron chi connectivity index (χ2n) is 5.10. The number of hydrogen-bond acceptors (Lipinski definition) is 3. The Balaban J connectivity index is 1.87. The molecule has 0 aliphatic heterocycles. The lowest BCUT2D eigenvalue weighted by Crippen LogP contribution is -2.35. The van der Waals surface area contributed by atoms with Crippen molar-refractivity contribution in [3.8, 4) is 0 Å². The highest BCUT2D eigenvalue weighted by Gasteiger charge is 2.08. The fourth-order valence-corrected chi connectivity index (χ4v) is 2.18. The molecule has 4 heteroatoms. The summed E-state index contributed by atoms with van der Waals surface area (Å²) in [6.07, 6.45) is 0.305. The van der Waals surface area contributed by atoms with E-state index >= 15 is 0 Å². The van der Waals surface area contributed by atoms with Gasteiger partial charge in [-0.2, -0.15) is 0 Å². The van der Waals surface area contributed by atoms with Gasteiger partial charge in [0.1, 0.15) is 0 Å². The Morgan fingerprint density at radius 1 is 1.19 bits per heavy atom. The van der Waals surface area contributed by atoms with Gasteiger partial charge < -0.3 is 15.7 Å². The summed E-state index contributed by atoms with van der Waals surface area (Å²) in [5, 5.41) is 18.2. The fraction of sp³-hybridized carbons (Fsp3) is 0.353. The molecule has 0 fully saturated rings. The summed E-state index contributed by atoms with van der Waals surface area (Å²) in [6.45, 7) is 3.29. The van der Waals surface area contributed by atoms with E-state index in [4.69, 9.17) is 0 Å². The molecule has 0 spiro atoms. The Bertz CT molecular complexity index is 598. The van der Waals surface area contributed by atoms with Gasteiger partial charge in [-0.05, 0) is 28.8 Å². The lowest BCUT2D eigenvalue weighted by atomic mass is 10.0. The van der Waals surface area contributed by atoms with Crippen LogP contribution in [-0.4, -0.2) is 30.6 Å². The van der Waals surface area contributed by atoms with Crippen LogP contribution >= 0.6 is 0 Å². The predicted molar refractivity (Wildman–Crippen MR) is 85.1 cm³/mol. The Morgan fingerprint density at radius 3 is 2.71 bits per heavy atom. The van der Waals surface area contributed by atoms with Crippen LogP contribution in [0.15, 0.2) is 42.5 Å². The molecule has 1 amide bonds. The molecule has 2 aromatic carbocycles. The van der Waals surface area contributed by atoms with E-state index in [-0.39, 0.29) is 12.5 Å². The van der Waals surface area contributed by atoms with Gasteiger partial charge in [-0.15, -0.1) is 0 Å². The van der Waals surface area contributed by atoms with Crippen LogP contribution in [0.3, 0.4) is 0 Å². The number of hydrogen-bond donors (Lipinski definition) is 3. The van der Waals surface area contributed by atoms with Gasteiger partial charge in [0, 0.05) is 13.1 Å². The number of aliphatic hydroxyl groups excluding tert-OH is 1. The number of carbonyl (C=O) groups is 1. The molecule has 0 aliphatic carbocycles. The van der Waals surface area contributed by atoms with Gasteiger partial charge >= 0.3 is 0 Å². The zero-order valence-electron chi connectivity index (χ0n) is 12.3. The summed E-state index contributed by atoms with van der Waals surface area (Å²) in [5.41, 5.74) is 0.857. The minimum absolute atomic E-state index is 0.0393. The van der Waals surface area contributed by atoms with Gasteiger partial charge in [-0.1, -0.05) is 43.3 Å². The van der Waals surface area contributed by atoms with Gasteiger partial charge in [0.15, 0.2) is 0 Å². The number of nitrogens with one attached hydrogen (secondary N) is 2. The summed E-state index contributed by atoms with van der Waals surface area (Å²) in [6, 6.07) is 14.0. The molecule has 0 heterocycles. The number of rotatable bonds is 7. The van der Waals surface area contributed by atoms with Gasteiger partial charge in [-0.3, -0.25) is 4.79 Å². The largest absolute Gasteiger partial charge is 0.387 e. The molecule has 0 aliphatic rings. The predicted octanol–water partition coefficient (Wildman–Crippen LogP) is 1.99. The molecule has 3 N–H and O–H groups in total. The van der Waals surface area contributed by atoms with Crippen molar-refractivity contribution in [3.63, 3.8) is 0 Å². The lowest BCUT2D eigenvalue weighted by Gasteiger charge is -2.13. The average molecular weight is 286 g/mol. The van der Waals surface area contributed by atoms with Crippen LogP contribution in [0.4, 0.5) is 0 Å². The Hall–Kier alpha value is -1.91. The maximum Gasteiger partial charge on any atom is 0.233 e. The highest BCUT2D eigenvalue weighted by atomic mass is 16.3. The third-order valence-electron chi connectivity index (χ3n) is 3.35. The molecular weight excluding hydrogens is 264 g/mol. The van der Waals surface area contributed by atoms with Gasteiger partial charge in [0.25, 0.3) is 0 Å². The van der Waals surface area contributed by atoms with Crippen molar-refractivity contribution in [1.82, 2.24) is 10.6 Å². The van der Waals surface area contributed by atoms with Gasteiger partial charge in [-0.25, -0.2) is 0 Å². The molecule has 2 rings (SSSR count). The number of carbonyl (C=O) groups excluding carboxylic acids is 1. The van der Waals surface area contributed by atoms with Crippen molar-refractivity contribution in [1.29, 1.82) is 0 Å². The van der Waals surface area contributed by atoms with E-state index in [9.17, 15) is 9.90 Å². The van der Waals surface area contributed by atoms with Crippen molar-refractivity contribution in [2.75, 3.05) is 19.6 Å². The Kier molecular flexibility index (Phi) is 5.72. The van der Waals surface area contributed by atoms with Gasteiger partial charge in [0.05, 0.1) is 12.6 Å². The van der Waals surface area contributed by atoms with Crippen LogP contribution in [0.25, 0.3) is 10.8 Å². The first kappa shape index (κ1) is 15.5. The monoisotopic (exact) mass is 286 g/mol. The molecule has 2 aromatic rings. The summed E-state index contributed by atoms with van der Waals surface area (Å²) in [7, 11) is 0. The van der Waals surface area contributed by atoms with E-state index in [0.29, 0.717) is 13.1 Å². The van der Waals surface area contributed by atoms with E-state index < -0.39 is 6.10 Å². The van der Waals surface area contributed by atoms with Crippen LogP contribution in [0.2, 0.25) is 0 Å². The van der Waals surface area contributed by atoms with Crippen LogP contribution in [0.5, 0.6) is 0 Å². The Labute approximate surface area is 125 Å². The zero-order chi connectivity index (χ0) is 15.1. The molecule has 0 bridgehead atoms. The van der Waals surface area contributed by atoms with E-state index in [2.05, 4.69) is 10.6 Å². The summed E-state index contributed by atoms with van der Waals surface area (Å²) < 4.78 is 0. The highest BCUT2D eigenvalue weighted by Crippen LogP contribution is 2.19. The second kappa shape index (κ2) is 7.76. The number of fused-ring (bicyclic) bond motifs is 1. The first-order valence-corrected chi connectivity index (χ1v) is 7.35. The van der Waals surface area contributed by atoms with Gasteiger partial charge in [0.2, 0.25) is 5.91 Å². The minimum Gasteiger partial charge on any atom is -0.387 e. The van der Waals surface area contributed by atoms with Crippen LogP contribution in [0, 0.1) is 0 Å². The molecule has 1 atom stereocenters. The molecule has 21 heavy (non-hydrogen) atoms. The van der Waals surface area contributed by atoms with E-state index in [1.54, 1.807) is 0 Å². The van der Waals surface area contributed by atoms with Crippen molar-refractivity contribution in [3.05, 3.63) is 48.0 Å². The smallest absolute Gasteiger partial charge is 0.233 e. The molecule has 0 saturated heterocycles. The van der Waals surface area contributed by atoms with Crippen LogP contribution in [0.1, 0.15) is 25.0 Å². The highest BCUT2D eigenvalue weighted by molar-refractivity contribution is 5.83. The second-order valence-corrected chi connectivity index (χ2v) is 5.10. The average Bonchev–Trinajstić information content (AvgIpc) is 2.52. The number of amides is 1. The van der Waals surface area contributed by atoms with Crippen molar-refractivity contribution in [2.24, 2.45) is 0 Å². The quantitative estimate of drug-likeness (QED) is 0.729. The van der Waals surface area contributed by atoms with Crippen LogP contribution in [-0.2, 0) is 4.79 Å². The SMILES string of the molecule is CCCNC(=O)CNCC(O)c1ccc2ccccc2c1. The molecule has 0 radical (unpaired) electrons. The molecule has 0 aromatic heterocycles. The fourth-order valence-electron chi connectivity index (χ4n) is 2.18. The molecule has 0 saturated carbocycles. The minimum atomic E-state index is -0.617. The summed E-state index contributed by atoms with van der Waals surface area (Å²) >= 11 is 0. The molecule has 112 valence electrons. The Morgan fingerprint density at radius 2 is 1.95 bits per heavy atom. The van der Waals surface area contributed by atoms with E-state index in [1.165, 1.54) is 0 Å². The van der Waals surface area contributed by atoms with Crippen molar-refractivity contribution >= 4 is 16.7 Å². The van der Waals surface area contributed by atoms with Crippen molar-refractivity contribution in [2.45, 2.75) is 19.4 Å². The first-order chi connectivity index (χ1) is 10.2. The maximum absolute atomic E-state index is 11.4. The third kappa shape index (κ3) is 4.55. The molecule has 1 unspecified atom stereocenters. The first-order valence-electron chi connectivity index (χ1n) is 7.35. The summed E-state index contributed by atoms with van der Waals surface area (Å²) in [5.74, 6) is -0.0393. The number of benzene rings is 2. The third-order valence-corrected chi connectivity index (χ3v) is 3.35. The molecular formula is C17H22N2O2. The topological polar surface area (TPSA) is 61.4 Å². The summed E-state index contributed by atoms with van der Waals surface area (Å²) in [4.78, 5) is 11.4. The maximum atomic E-state index is 11.4. The van der Waals surface area contributed by atoms with E-state index in [0.717, 1.165) is 22.8 Å². The standard InChI is InChI=1S/C17H22N2O2/c1-2-9-19-17(21)12-18-11-16(20)15-8-7-13-5-3-4-6-14(13)10-15/h3-8,10,16,18,20H,2,9,11-12H2,1H3,(H,19,21). The number of aliphatic hydroxyl groups is 1. The van der Waals surface area contributed by atoms with Crippen LogP contribution < -0.4 is 10.6 Å². The molecule has 4 nitrogen and oxygen atoms in total. The van der Waals surface area contributed by atoms with E-state index in [1.807, 2.05) is 49.4 Å². The van der Waals surface area contributed by atoms with Crippen molar-refractivity contribution < 1.29 is 9.90 Å². The normalized spacial score (nSPS) is 12.3. The zero-order valence-corrected chi connectivity index (χ0v) is 12.3. The lowest BCUT2D eigenvalue weighted by molar-refractivity contribution is -0.120.